The maximum atomic E-state index is 12.0. The van der Waals surface area contributed by atoms with Gasteiger partial charge in [0, 0.05) is 11.8 Å². The van der Waals surface area contributed by atoms with Crippen LogP contribution in [0.25, 0.3) is 6.08 Å². The van der Waals surface area contributed by atoms with E-state index in [2.05, 4.69) is 11.4 Å². The Balaban J connectivity index is 2.16. The minimum absolute atomic E-state index is 0.208. The summed E-state index contributed by atoms with van der Waals surface area (Å²) in [5.74, 6) is -0.208. The first-order valence-electron chi connectivity index (χ1n) is 6.66. The lowest BCUT2D eigenvalue weighted by molar-refractivity contribution is -0.111. The number of amides is 1. The Bertz CT molecular complexity index is 719. The molecular formula is C18H16N2O. The highest BCUT2D eigenvalue weighted by Gasteiger charge is 2.04. The molecule has 0 fully saturated rings. The Morgan fingerprint density at radius 3 is 2.43 bits per heavy atom. The summed E-state index contributed by atoms with van der Waals surface area (Å²) in [6.45, 7) is 3.91. The van der Waals surface area contributed by atoms with Gasteiger partial charge in [0.2, 0.25) is 5.91 Å². The lowest BCUT2D eigenvalue weighted by atomic mass is 10.1. The molecule has 0 saturated heterocycles. The van der Waals surface area contributed by atoms with Crippen LogP contribution >= 0.6 is 0 Å². The quantitative estimate of drug-likeness (QED) is 0.866. The zero-order chi connectivity index (χ0) is 15.2. The molecule has 2 aromatic carbocycles. The summed E-state index contributed by atoms with van der Waals surface area (Å²) in [6.07, 6.45) is 3.10. The molecule has 3 nitrogen and oxygen atoms in total. The van der Waals surface area contributed by atoms with Crippen molar-refractivity contribution in [3.63, 3.8) is 0 Å². The van der Waals surface area contributed by atoms with Crippen molar-refractivity contribution >= 4 is 17.7 Å². The number of benzene rings is 2. The Labute approximate surface area is 124 Å². The number of anilines is 1. The first-order valence-corrected chi connectivity index (χ1v) is 6.66. The third kappa shape index (κ3) is 3.58. The van der Waals surface area contributed by atoms with Crippen LogP contribution in [0.2, 0.25) is 0 Å². The fourth-order valence-electron chi connectivity index (χ4n) is 2.09. The van der Waals surface area contributed by atoms with Gasteiger partial charge in [0.25, 0.3) is 0 Å². The van der Waals surface area contributed by atoms with Gasteiger partial charge in [0.15, 0.2) is 0 Å². The SMILES string of the molecule is Cc1cccc(C)c1NC(=O)/C=C\c1ccccc1C#N. The molecule has 21 heavy (non-hydrogen) atoms. The van der Waals surface area contributed by atoms with E-state index in [9.17, 15) is 4.79 Å². The average molecular weight is 276 g/mol. The van der Waals surface area contributed by atoms with Crippen molar-refractivity contribution < 1.29 is 4.79 Å². The Morgan fingerprint density at radius 1 is 1.10 bits per heavy atom. The van der Waals surface area contributed by atoms with E-state index in [0.717, 1.165) is 22.4 Å². The fraction of sp³-hybridized carbons (Fsp3) is 0.111. The van der Waals surface area contributed by atoms with Crippen LogP contribution in [0.3, 0.4) is 0 Å². The van der Waals surface area contributed by atoms with Crippen molar-refractivity contribution in [3.8, 4) is 6.07 Å². The van der Waals surface area contributed by atoms with Crippen molar-refractivity contribution in [1.29, 1.82) is 5.26 Å². The molecule has 0 heterocycles. The normalized spacial score (nSPS) is 10.3. The topological polar surface area (TPSA) is 52.9 Å². The smallest absolute Gasteiger partial charge is 0.248 e. The van der Waals surface area contributed by atoms with Crippen LogP contribution in [0.5, 0.6) is 0 Å². The average Bonchev–Trinajstić information content (AvgIpc) is 2.49. The van der Waals surface area contributed by atoms with Gasteiger partial charge >= 0.3 is 0 Å². The van der Waals surface area contributed by atoms with Crippen LogP contribution in [0.1, 0.15) is 22.3 Å². The molecule has 2 aromatic rings. The van der Waals surface area contributed by atoms with Crippen LogP contribution in [0, 0.1) is 25.2 Å². The van der Waals surface area contributed by atoms with E-state index in [4.69, 9.17) is 5.26 Å². The largest absolute Gasteiger partial charge is 0.322 e. The van der Waals surface area contributed by atoms with Gasteiger partial charge in [-0.2, -0.15) is 5.26 Å². The lowest BCUT2D eigenvalue weighted by Crippen LogP contribution is -2.10. The van der Waals surface area contributed by atoms with Crippen LogP contribution < -0.4 is 5.32 Å². The molecule has 1 N–H and O–H groups in total. The number of hydrogen-bond donors (Lipinski definition) is 1. The zero-order valence-electron chi connectivity index (χ0n) is 12.1. The Kier molecular flexibility index (Phi) is 4.53. The minimum Gasteiger partial charge on any atom is -0.322 e. The number of para-hydroxylation sites is 1. The second-order valence-corrected chi connectivity index (χ2v) is 4.79. The summed E-state index contributed by atoms with van der Waals surface area (Å²) in [5.41, 5.74) is 4.16. The van der Waals surface area contributed by atoms with E-state index < -0.39 is 0 Å². The minimum atomic E-state index is -0.208. The molecule has 0 aromatic heterocycles. The molecule has 0 bridgehead atoms. The van der Waals surface area contributed by atoms with Crippen LogP contribution in [0.4, 0.5) is 5.69 Å². The summed E-state index contributed by atoms with van der Waals surface area (Å²) >= 11 is 0. The predicted molar refractivity (Wildman–Crippen MR) is 84.7 cm³/mol. The second-order valence-electron chi connectivity index (χ2n) is 4.79. The van der Waals surface area contributed by atoms with Crippen molar-refractivity contribution in [2.75, 3.05) is 5.32 Å². The molecule has 0 saturated carbocycles. The number of nitrogens with one attached hydrogen (secondary N) is 1. The monoisotopic (exact) mass is 276 g/mol. The Morgan fingerprint density at radius 2 is 1.76 bits per heavy atom. The van der Waals surface area contributed by atoms with Gasteiger partial charge in [-0.3, -0.25) is 4.79 Å². The highest BCUT2D eigenvalue weighted by atomic mass is 16.1. The summed E-state index contributed by atoms with van der Waals surface area (Å²) in [6, 6.07) is 15.1. The van der Waals surface area contributed by atoms with E-state index in [1.807, 2.05) is 38.1 Å². The predicted octanol–water partition coefficient (Wildman–Crippen LogP) is 3.83. The third-order valence-corrected chi connectivity index (χ3v) is 3.22. The van der Waals surface area contributed by atoms with Crippen molar-refractivity contribution in [3.05, 3.63) is 70.8 Å². The molecule has 104 valence electrons. The molecule has 3 heteroatoms. The van der Waals surface area contributed by atoms with Crippen molar-refractivity contribution in [2.24, 2.45) is 0 Å². The van der Waals surface area contributed by atoms with Crippen LogP contribution in [-0.4, -0.2) is 5.91 Å². The summed E-state index contributed by atoms with van der Waals surface area (Å²) in [4.78, 5) is 12.0. The Hall–Kier alpha value is -2.86. The lowest BCUT2D eigenvalue weighted by Gasteiger charge is -2.09. The van der Waals surface area contributed by atoms with Gasteiger partial charge in [0.05, 0.1) is 11.6 Å². The standard InChI is InChI=1S/C18H16N2O/c1-13-6-5-7-14(2)18(13)20-17(21)11-10-15-8-3-4-9-16(15)12-19/h3-11H,1-2H3,(H,20,21)/b11-10-. The number of carbonyl (C=O) groups excluding carboxylic acids is 1. The molecule has 0 atom stereocenters. The molecule has 0 spiro atoms. The molecule has 2 rings (SSSR count). The molecular weight excluding hydrogens is 260 g/mol. The van der Waals surface area contributed by atoms with Crippen molar-refractivity contribution in [1.82, 2.24) is 0 Å². The number of rotatable bonds is 3. The molecule has 0 aliphatic carbocycles. The number of aryl methyl sites for hydroxylation is 2. The van der Waals surface area contributed by atoms with Gasteiger partial charge in [0.1, 0.15) is 0 Å². The van der Waals surface area contributed by atoms with E-state index in [1.165, 1.54) is 6.08 Å². The highest BCUT2D eigenvalue weighted by Crippen LogP contribution is 2.19. The number of hydrogen-bond acceptors (Lipinski definition) is 2. The van der Waals surface area contributed by atoms with E-state index in [1.54, 1.807) is 24.3 Å². The summed E-state index contributed by atoms with van der Waals surface area (Å²) in [5, 5.41) is 11.9. The summed E-state index contributed by atoms with van der Waals surface area (Å²) < 4.78 is 0. The number of nitrogens with zero attached hydrogens (tertiary/aromatic N) is 1. The maximum absolute atomic E-state index is 12.0. The van der Waals surface area contributed by atoms with Gasteiger partial charge in [-0.1, -0.05) is 36.4 Å². The van der Waals surface area contributed by atoms with Crippen molar-refractivity contribution in [2.45, 2.75) is 13.8 Å². The van der Waals surface area contributed by atoms with E-state index in [-0.39, 0.29) is 5.91 Å². The first-order chi connectivity index (χ1) is 10.1. The molecule has 1 amide bonds. The van der Waals surface area contributed by atoms with Gasteiger partial charge in [-0.05, 0) is 42.7 Å². The molecule has 0 unspecified atom stereocenters. The second kappa shape index (κ2) is 6.53. The molecule has 0 radical (unpaired) electrons. The van der Waals surface area contributed by atoms with E-state index in [0.29, 0.717) is 5.56 Å². The molecule has 0 aliphatic rings. The van der Waals surface area contributed by atoms with E-state index >= 15 is 0 Å². The molecule has 0 aliphatic heterocycles. The zero-order valence-corrected chi connectivity index (χ0v) is 12.1. The first kappa shape index (κ1) is 14.5. The summed E-state index contributed by atoms with van der Waals surface area (Å²) in [7, 11) is 0. The van der Waals surface area contributed by atoms with Gasteiger partial charge < -0.3 is 5.32 Å². The van der Waals surface area contributed by atoms with Gasteiger partial charge in [-0.15, -0.1) is 0 Å². The van der Waals surface area contributed by atoms with Gasteiger partial charge in [-0.25, -0.2) is 0 Å². The third-order valence-electron chi connectivity index (χ3n) is 3.22. The fourth-order valence-corrected chi connectivity index (χ4v) is 2.09. The highest BCUT2D eigenvalue weighted by molar-refractivity contribution is 6.02. The maximum Gasteiger partial charge on any atom is 0.248 e. The number of nitriles is 1. The number of carbonyl (C=O) groups is 1. The van der Waals surface area contributed by atoms with Crippen LogP contribution in [0.15, 0.2) is 48.5 Å². The van der Waals surface area contributed by atoms with Crippen LogP contribution in [-0.2, 0) is 4.79 Å².